The van der Waals surface area contributed by atoms with E-state index in [9.17, 15) is 18.5 Å². The molecule has 0 radical (unpaired) electrons. The first-order valence-corrected chi connectivity index (χ1v) is 16.8. The molecular weight excluding hydrogens is 617 g/mol. The molecule has 1 saturated heterocycles. The third kappa shape index (κ3) is 6.91. The van der Waals surface area contributed by atoms with Crippen molar-refractivity contribution in [3.05, 3.63) is 80.9 Å². The summed E-state index contributed by atoms with van der Waals surface area (Å²) < 4.78 is 57.6. The molecule has 12 heteroatoms. The first-order valence-electron chi connectivity index (χ1n) is 14.2. The van der Waals surface area contributed by atoms with Crippen LogP contribution in [0, 0.1) is 23.0 Å². The van der Waals surface area contributed by atoms with Crippen molar-refractivity contribution in [2.45, 2.75) is 82.0 Å². The molecule has 0 aromatic heterocycles. The predicted octanol–water partition coefficient (Wildman–Crippen LogP) is 5.83. The van der Waals surface area contributed by atoms with Crippen LogP contribution in [0.25, 0.3) is 0 Å². The van der Waals surface area contributed by atoms with Crippen molar-refractivity contribution in [1.29, 1.82) is 5.26 Å². The quantitative estimate of drug-likeness (QED) is 0.349. The number of hydrogen-bond acceptors (Lipinski definition) is 5. The van der Waals surface area contributed by atoms with Gasteiger partial charge in [0, 0.05) is 41.2 Å². The summed E-state index contributed by atoms with van der Waals surface area (Å²) in [6.45, 7) is 5.82. The topological polar surface area (TPSA) is 102 Å². The molecular formula is C31H36Cl2F2N4O3S. The highest BCUT2D eigenvalue weighted by atomic mass is 35.5. The molecule has 1 amide bonds. The SMILES string of the molecule is CC(C)=CCN1C(C(=O)NC2CCC(NS(C)(=O)=O)CC2)C(c2cccc(Cl)c2F)C(C#N)(c2ccc(Cl)cc2F)C1C. The van der Waals surface area contributed by atoms with Gasteiger partial charge in [0.05, 0.1) is 23.4 Å². The third-order valence-electron chi connectivity index (χ3n) is 8.63. The van der Waals surface area contributed by atoms with Crippen molar-refractivity contribution in [2.24, 2.45) is 0 Å². The number of nitrogens with one attached hydrogen (secondary N) is 2. The molecule has 4 atom stereocenters. The van der Waals surface area contributed by atoms with Crippen molar-refractivity contribution in [3.63, 3.8) is 0 Å². The zero-order valence-corrected chi connectivity index (χ0v) is 26.8. The third-order valence-corrected chi connectivity index (χ3v) is 9.92. The second-order valence-corrected chi connectivity index (χ2v) is 14.4. The minimum Gasteiger partial charge on any atom is -0.352 e. The number of benzene rings is 2. The molecule has 0 bridgehead atoms. The lowest BCUT2D eigenvalue weighted by molar-refractivity contribution is -0.127. The van der Waals surface area contributed by atoms with Gasteiger partial charge in [-0.2, -0.15) is 5.26 Å². The fourth-order valence-electron chi connectivity index (χ4n) is 6.63. The van der Waals surface area contributed by atoms with E-state index in [0.717, 1.165) is 17.9 Å². The van der Waals surface area contributed by atoms with Crippen molar-refractivity contribution < 1.29 is 22.0 Å². The van der Waals surface area contributed by atoms with E-state index in [0.29, 0.717) is 25.7 Å². The Labute approximate surface area is 262 Å². The number of sulfonamides is 1. The van der Waals surface area contributed by atoms with E-state index in [1.54, 1.807) is 13.0 Å². The number of allylic oxidation sites excluding steroid dienone is 1. The van der Waals surface area contributed by atoms with E-state index in [4.69, 9.17) is 23.2 Å². The molecule has 2 fully saturated rings. The van der Waals surface area contributed by atoms with E-state index >= 15 is 8.78 Å². The number of nitrogens with zero attached hydrogens (tertiary/aromatic N) is 2. The molecule has 1 heterocycles. The Bertz CT molecular complexity index is 1550. The number of hydrogen-bond donors (Lipinski definition) is 2. The average Bonchev–Trinajstić information content (AvgIpc) is 3.17. The van der Waals surface area contributed by atoms with Crippen molar-refractivity contribution in [2.75, 3.05) is 12.8 Å². The van der Waals surface area contributed by atoms with Gasteiger partial charge in [0.25, 0.3) is 0 Å². The maximum absolute atomic E-state index is 15.9. The Morgan fingerprint density at radius 3 is 2.37 bits per heavy atom. The normalized spacial score (nSPS) is 27.8. The smallest absolute Gasteiger partial charge is 0.238 e. The molecule has 4 unspecified atom stereocenters. The molecule has 1 aliphatic carbocycles. The summed E-state index contributed by atoms with van der Waals surface area (Å²) in [5.74, 6) is -3.07. The molecule has 232 valence electrons. The summed E-state index contributed by atoms with van der Waals surface area (Å²) in [6.07, 6.45) is 5.15. The van der Waals surface area contributed by atoms with Gasteiger partial charge in [0.15, 0.2) is 0 Å². The number of carbonyl (C=O) groups is 1. The van der Waals surface area contributed by atoms with Crippen molar-refractivity contribution >= 4 is 39.1 Å². The summed E-state index contributed by atoms with van der Waals surface area (Å²) in [6, 6.07) is 8.49. The summed E-state index contributed by atoms with van der Waals surface area (Å²) in [5.41, 5.74) is -0.674. The first kappa shape index (κ1) is 33.3. The maximum Gasteiger partial charge on any atom is 0.238 e. The van der Waals surface area contributed by atoms with Gasteiger partial charge in [-0.25, -0.2) is 21.9 Å². The molecule has 0 spiro atoms. The van der Waals surface area contributed by atoms with Gasteiger partial charge in [-0.1, -0.05) is 53.1 Å². The van der Waals surface area contributed by atoms with Crippen LogP contribution in [0.5, 0.6) is 0 Å². The number of nitriles is 1. The second kappa shape index (κ2) is 13.2. The minimum absolute atomic E-state index is 0.0149. The number of carbonyl (C=O) groups excluding carboxylic acids is 1. The predicted molar refractivity (Wildman–Crippen MR) is 164 cm³/mol. The zero-order chi connectivity index (χ0) is 31.7. The minimum atomic E-state index is -3.36. The Balaban J connectivity index is 1.83. The number of rotatable bonds is 8. The molecule has 2 aromatic rings. The Morgan fingerprint density at radius 2 is 1.79 bits per heavy atom. The highest BCUT2D eigenvalue weighted by Gasteiger charge is 2.63. The van der Waals surface area contributed by atoms with Gasteiger partial charge < -0.3 is 5.32 Å². The lowest BCUT2D eigenvalue weighted by Gasteiger charge is -2.34. The Morgan fingerprint density at radius 1 is 1.14 bits per heavy atom. The molecule has 43 heavy (non-hydrogen) atoms. The summed E-state index contributed by atoms with van der Waals surface area (Å²) in [7, 11) is -3.36. The molecule has 2 aliphatic rings. The Hall–Kier alpha value is -2.55. The van der Waals surface area contributed by atoms with Crippen LogP contribution in [0.15, 0.2) is 48.0 Å². The van der Waals surface area contributed by atoms with E-state index in [-0.39, 0.29) is 39.8 Å². The molecule has 4 rings (SSSR count). The fourth-order valence-corrected chi connectivity index (χ4v) is 7.81. The van der Waals surface area contributed by atoms with Crippen LogP contribution < -0.4 is 10.0 Å². The van der Waals surface area contributed by atoms with Crippen LogP contribution in [0.2, 0.25) is 10.0 Å². The van der Waals surface area contributed by atoms with Crippen LogP contribution in [0.1, 0.15) is 63.5 Å². The van der Waals surface area contributed by atoms with Gasteiger partial charge in [-0.3, -0.25) is 9.69 Å². The Kier molecular flexibility index (Phi) is 10.2. The van der Waals surface area contributed by atoms with Gasteiger partial charge in [-0.05, 0) is 70.2 Å². The number of likely N-dealkylation sites (tertiary alicyclic amines) is 1. The van der Waals surface area contributed by atoms with Crippen LogP contribution in [-0.2, 0) is 20.2 Å². The highest BCUT2D eigenvalue weighted by molar-refractivity contribution is 7.88. The molecule has 7 nitrogen and oxygen atoms in total. The van der Waals surface area contributed by atoms with Crippen LogP contribution in [0.4, 0.5) is 8.78 Å². The fraction of sp³-hybridized carbons (Fsp3) is 0.484. The number of halogens is 4. The van der Waals surface area contributed by atoms with Crippen LogP contribution >= 0.6 is 23.2 Å². The standard InChI is InChI=1S/C31H36Cl2F2N4O3S/c1-18(2)14-15-39-19(3)31(17-36,24-13-8-20(32)16-26(24)34)27(23-6-5-7-25(33)28(23)35)29(39)30(40)37-21-9-11-22(12-10-21)38-43(4,41)42/h5-8,13-14,16,19,21-22,27,29,38H,9-12,15H2,1-4H3,(H,37,40). The number of amides is 1. The average molecular weight is 654 g/mol. The molecule has 1 aliphatic heterocycles. The lowest BCUT2D eigenvalue weighted by Crippen LogP contribution is -2.51. The van der Waals surface area contributed by atoms with Crippen LogP contribution in [-0.4, -0.2) is 56.2 Å². The van der Waals surface area contributed by atoms with Gasteiger partial charge >= 0.3 is 0 Å². The van der Waals surface area contributed by atoms with Crippen molar-refractivity contribution in [1.82, 2.24) is 14.9 Å². The maximum atomic E-state index is 15.9. The van der Waals surface area contributed by atoms with E-state index in [1.807, 2.05) is 24.8 Å². The molecule has 2 aromatic carbocycles. The van der Waals surface area contributed by atoms with Crippen molar-refractivity contribution in [3.8, 4) is 6.07 Å². The first-order chi connectivity index (χ1) is 20.2. The van der Waals surface area contributed by atoms with E-state index in [1.165, 1.54) is 24.3 Å². The van der Waals surface area contributed by atoms with E-state index in [2.05, 4.69) is 16.1 Å². The largest absolute Gasteiger partial charge is 0.352 e. The zero-order valence-electron chi connectivity index (χ0n) is 24.5. The monoisotopic (exact) mass is 652 g/mol. The summed E-state index contributed by atoms with van der Waals surface area (Å²) in [5, 5.41) is 14.0. The van der Waals surface area contributed by atoms with Crippen LogP contribution in [0.3, 0.4) is 0 Å². The van der Waals surface area contributed by atoms with Gasteiger partial charge in [-0.15, -0.1) is 0 Å². The van der Waals surface area contributed by atoms with E-state index < -0.39 is 51.0 Å². The summed E-state index contributed by atoms with van der Waals surface area (Å²) in [4.78, 5) is 16.1. The molecule has 1 saturated carbocycles. The highest BCUT2D eigenvalue weighted by Crippen LogP contribution is 2.54. The lowest BCUT2D eigenvalue weighted by atomic mass is 9.65. The van der Waals surface area contributed by atoms with Gasteiger partial charge in [0.2, 0.25) is 15.9 Å². The van der Waals surface area contributed by atoms with Gasteiger partial charge in [0.1, 0.15) is 17.0 Å². The second-order valence-electron chi connectivity index (χ2n) is 11.8. The summed E-state index contributed by atoms with van der Waals surface area (Å²) >= 11 is 12.3. The molecule has 2 N–H and O–H groups in total.